The van der Waals surface area contributed by atoms with Crippen molar-refractivity contribution in [2.75, 3.05) is 0 Å². The summed E-state index contributed by atoms with van der Waals surface area (Å²) >= 11 is 5.82. The first-order chi connectivity index (χ1) is 8.02. The lowest BCUT2D eigenvalue weighted by Crippen LogP contribution is -2.39. The van der Waals surface area contributed by atoms with Crippen LogP contribution in [0.3, 0.4) is 0 Å². The molecule has 0 aliphatic carbocycles. The third-order valence-corrected chi connectivity index (χ3v) is 2.70. The van der Waals surface area contributed by atoms with Crippen molar-refractivity contribution in [2.24, 2.45) is 0 Å². The highest BCUT2D eigenvalue weighted by molar-refractivity contribution is 6.30. The van der Waals surface area contributed by atoms with Crippen molar-refractivity contribution >= 4 is 23.3 Å². The van der Waals surface area contributed by atoms with Gasteiger partial charge in [-0.05, 0) is 24.6 Å². The molecule has 0 saturated heterocycles. The fraction of sp³-hybridized carbons (Fsp3) is 0.385. The molecule has 3 nitrogen and oxygen atoms in total. The number of hydrogen-bond acceptors (Lipinski definition) is 2. The SMILES string of the molecule is CCC(=O)C(C)NC(=O)Cc1cccc(Cl)c1. The zero-order valence-corrected chi connectivity index (χ0v) is 10.8. The molecular weight excluding hydrogens is 238 g/mol. The van der Waals surface area contributed by atoms with E-state index in [1.165, 1.54) is 0 Å². The third kappa shape index (κ3) is 4.57. The van der Waals surface area contributed by atoms with Crippen LogP contribution in [0, 0.1) is 0 Å². The van der Waals surface area contributed by atoms with Crippen LogP contribution in [0.5, 0.6) is 0 Å². The van der Waals surface area contributed by atoms with Crippen molar-refractivity contribution in [3.05, 3.63) is 34.9 Å². The minimum Gasteiger partial charge on any atom is -0.346 e. The van der Waals surface area contributed by atoms with Crippen LogP contribution >= 0.6 is 11.6 Å². The fourth-order valence-corrected chi connectivity index (χ4v) is 1.72. The average molecular weight is 254 g/mol. The maximum Gasteiger partial charge on any atom is 0.224 e. The number of carbonyl (C=O) groups excluding carboxylic acids is 2. The van der Waals surface area contributed by atoms with E-state index in [2.05, 4.69) is 5.32 Å². The summed E-state index contributed by atoms with van der Waals surface area (Å²) in [4.78, 5) is 23.0. The molecule has 92 valence electrons. The first-order valence-electron chi connectivity index (χ1n) is 5.59. The summed E-state index contributed by atoms with van der Waals surface area (Å²) in [5, 5.41) is 3.27. The molecule has 0 aliphatic rings. The molecule has 0 spiro atoms. The molecule has 0 aliphatic heterocycles. The van der Waals surface area contributed by atoms with Crippen molar-refractivity contribution in [2.45, 2.75) is 32.7 Å². The molecule has 1 unspecified atom stereocenters. The van der Waals surface area contributed by atoms with Crippen LogP contribution in [-0.2, 0) is 16.0 Å². The van der Waals surface area contributed by atoms with Crippen LogP contribution in [0.1, 0.15) is 25.8 Å². The first kappa shape index (κ1) is 13.7. The van der Waals surface area contributed by atoms with Crippen molar-refractivity contribution in [3.8, 4) is 0 Å². The molecule has 1 aromatic rings. The Morgan fingerprint density at radius 2 is 2.12 bits per heavy atom. The number of hydrogen-bond donors (Lipinski definition) is 1. The number of nitrogens with one attached hydrogen (secondary N) is 1. The molecule has 0 bridgehead atoms. The van der Waals surface area contributed by atoms with Gasteiger partial charge in [-0.1, -0.05) is 30.7 Å². The standard InChI is InChI=1S/C13H16ClNO2/c1-3-12(16)9(2)15-13(17)8-10-5-4-6-11(14)7-10/h4-7,9H,3,8H2,1-2H3,(H,15,17). The Balaban J connectivity index is 2.53. The summed E-state index contributed by atoms with van der Waals surface area (Å²) in [6.45, 7) is 3.48. The topological polar surface area (TPSA) is 46.2 Å². The van der Waals surface area contributed by atoms with E-state index in [4.69, 9.17) is 11.6 Å². The zero-order chi connectivity index (χ0) is 12.8. The summed E-state index contributed by atoms with van der Waals surface area (Å²) in [6, 6.07) is 6.70. The van der Waals surface area contributed by atoms with E-state index in [-0.39, 0.29) is 18.1 Å². The zero-order valence-electron chi connectivity index (χ0n) is 10.00. The van der Waals surface area contributed by atoms with Gasteiger partial charge < -0.3 is 5.32 Å². The van der Waals surface area contributed by atoms with Crippen molar-refractivity contribution < 1.29 is 9.59 Å². The van der Waals surface area contributed by atoms with Crippen molar-refractivity contribution in [3.63, 3.8) is 0 Å². The van der Waals surface area contributed by atoms with Gasteiger partial charge in [-0.25, -0.2) is 0 Å². The summed E-state index contributed by atoms with van der Waals surface area (Å²) < 4.78 is 0. The van der Waals surface area contributed by atoms with Gasteiger partial charge in [0.1, 0.15) is 0 Å². The Hall–Kier alpha value is -1.35. The smallest absolute Gasteiger partial charge is 0.224 e. The van der Waals surface area contributed by atoms with Crippen LogP contribution in [0.4, 0.5) is 0 Å². The lowest BCUT2D eigenvalue weighted by Gasteiger charge is -2.11. The second kappa shape index (κ2) is 6.40. The van der Waals surface area contributed by atoms with Crippen LogP contribution < -0.4 is 5.32 Å². The van der Waals surface area contributed by atoms with Gasteiger partial charge in [0.25, 0.3) is 0 Å². The lowest BCUT2D eigenvalue weighted by atomic mass is 10.1. The van der Waals surface area contributed by atoms with Crippen molar-refractivity contribution in [1.82, 2.24) is 5.32 Å². The monoisotopic (exact) mass is 253 g/mol. The molecule has 1 rings (SSSR count). The number of amides is 1. The predicted octanol–water partition coefficient (Wildman–Crippen LogP) is 2.37. The molecule has 0 fully saturated rings. The van der Waals surface area contributed by atoms with Crippen LogP contribution in [0.15, 0.2) is 24.3 Å². The predicted molar refractivity (Wildman–Crippen MR) is 68.1 cm³/mol. The third-order valence-electron chi connectivity index (χ3n) is 2.46. The van der Waals surface area contributed by atoms with Crippen LogP contribution in [-0.4, -0.2) is 17.7 Å². The molecule has 1 atom stereocenters. The number of carbonyl (C=O) groups is 2. The van der Waals surface area contributed by atoms with Crippen molar-refractivity contribution in [1.29, 1.82) is 0 Å². The van der Waals surface area contributed by atoms with Gasteiger partial charge in [-0.2, -0.15) is 0 Å². The van der Waals surface area contributed by atoms with E-state index in [0.717, 1.165) is 5.56 Å². The van der Waals surface area contributed by atoms with Gasteiger partial charge in [-0.3, -0.25) is 9.59 Å². The van der Waals surface area contributed by atoms with Gasteiger partial charge in [-0.15, -0.1) is 0 Å². The van der Waals surface area contributed by atoms with Gasteiger partial charge in [0, 0.05) is 11.4 Å². The maximum absolute atomic E-state index is 11.6. The number of Topliss-reactive ketones (excluding diaryl/α,β-unsaturated/α-hetero) is 1. The lowest BCUT2D eigenvalue weighted by molar-refractivity contribution is -0.126. The summed E-state index contributed by atoms with van der Waals surface area (Å²) in [5.41, 5.74) is 0.839. The highest BCUT2D eigenvalue weighted by Gasteiger charge is 2.13. The Morgan fingerprint density at radius 3 is 2.71 bits per heavy atom. The summed E-state index contributed by atoms with van der Waals surface area (Å²) in [5.74, 6) is -0.133. The van der Waals surface area contributed by atoms with E-state index in [1.807, 2.05) is 6.07 Å². The molecule has 1 N–H and O–H groups in total. The maximum atomic E-state index is 11.6. The molecule has 0 radical (unpaired) electrons. The molecule has 0 aromatic heterocycles. The number of benzene rings is 1. The number of halogens is 1. The van der Waals surface area contributed by atoms with Gasteiger partial charge in [0.2, 0.25) is 5.91 Å². The quantitative estimate of drug-likeness (QED) is 0.876. The molecule has 4 heteroatoms. The molecular formula is C13H16ClNO2. The van der Waals surface area contributed by atoms with E-state index < -0.39 is 6.04 Å². The normalized spacial score (nSPS) is 11.9. The Kier molecular flexibility index (Phi) is 5.16. The summed E-state index contributed by atoms with van der Waals surface area (Å²) in [7, 11) is 0. The van der Waals surface area contributed by atoms with Crippen LogP contribution in [0.25, 0.3) is 0 Å². The Labute approximate surface area is 106 Å². The average Bonchev–Trinajstić information content (AvgIpc) is 2.27. The minimum absolute atomic E-state index is 0.0319. The molecule has 1 amide bonds. The highest BCUT2D eigenvalue weighted by Crippen LogP contribution is 2.11. The molecule has 1 aromatic carbocycles. The number of rotatable bonds is 5. The molecule has 0 saturated carbocycles. The highest BCUT2D eigenvalue weighted by atomic mass is 35.5. The van der Waals surface area contributed by atoms with Gasteiger partial charge in [0.15, 0.2) is 5.78 Å². The van der Waals surface area contributed by atoms with Crippen LogP contribution in [0.2, 0.25) is 5.02 Å². The first-order valence-corrected chi connectivity index (χ1v) is 5.97. The van der Waals surface area contributed by atoms with E-state index >= 15 is 0 Å². The molecule has 17 heavy (non-hydrogen) atoms. The Morgan fingerprint density at radius 1 is 1.41 bits per heavy atom. The van der Waals surface area contributed by atoms with E-state index in [1.54, 1.807) is 32.0 Å². The minimum atomic E-state index is -0.424. The largest absolute Gasteiger partial charge is 0.346 e. The van der Waals surface area contributed by atoms with E-state index in [9.17, 15) is 9.59 Å². The molecule has 0 heterocycles. The summed E-state index contributed by atoms with van der Waals surface area (Å²) in [6.07, 6.45) is 0.667. The second-order valence-electron chi connectivity index (χ2n) is 3.92. The second-order valence-corrected chi connectivity index (χ2v) is 4.35. The Bertz CT molecular complexity index is 418. The fourth-order valence-electron chi connectivity index (χ4n) is 1.51. The van der Waals surface area contributed by atoms with E-state index in [0.29, 0.717) is 11.4 Å². The van der Waals surface area contributed by atoms with Gasteiger partial charge in [0.05, 0.1) is 12.5 Å². The number of ketones is 1. The van der Waals surface area contributed by atoms with Gasteiger partial charge >= 0.3 is 0 Å².